The van der Waals surface area contributed by atoms with Crippen molar-refractivity contribution in [2.75, 3.05) is 41.0 Å². The minimum atomic E-state index is -1.14. The van der Waals surface area contributed by atoms with Crippen molar-refractivity contribution in [3.63, 3.8) is 0 Å². The van der Waals surface area contributed by atoms with Crippen LogP contribution in [0.15, 0.2) is 60.8 Å². The highest BCUT2D eigenvalue weighted by Gasteiger charge is 2.25. The quantitative estimate of drug-likeness (QED) is 0.0216. The molecule has 0 aliphatic rings. The van der Waals surface area contributed by atoms with Gasteiger partial charge in [0.25, 0.3) is 0 Å². The second-order valence-electron chi connectivity index (χ2n) is 14.2. The van der Waals surface area contributed by atoms with E-state index in [9.17, 15) is 19.5 Å². The van der Waals surface area contributed by atoms with E-state index in [0.29, 0.717) is 12.8 Å². The highest BCUT2D eigenvalue weighted by atomic mass is 16.6. The first-order valence-corrected chi connectivity index (χ1v) is 19.8. The molecule has 2 unspecified atom stereocenters. The van der Waals surface area contributed by atoms with Gasteiger partial charge in [0.05, 0.1) is 40.3 Å². The highest BCUT2D eigenvalue weighted by Crippen LogP contribution is 2.12. The summed E-state index contributed by atoms with van der Waals surface area (Å²) in [4.78, 5) is 36.7. The molecule has 0 radical (unpaired) electrons. The summed E-state index contributed by atoms with van der Waals surface area (Å²) >= 11 is 0. The molecular formula is C43H73NO7. The summed E-state index contributed by atoms with van der Waals surface area (Å²) in [5.74, 6) is -1.81. The smallest absolute Gasteiger partial charge is 0.306 e. The monoisotopic (exact) mass is 716 g/mol. The minimum absolute atomic E-state index is 0.0187. The number of carbonyl (C=O) groups is 3. The Kier molecular flexibility index (Phi) is 32.1. The Morgan fingerprint density at radius 1 is 0.627 bits per heavy atom. The number of nitrogens with zero attached hydrogens (tertiary/aromatic N) is 1. The molecule has 0 bridgehead atoms. The molecule has 0 amide bonds. The first kappa shape index (κ1) is 48.0. The van der Waals surface area contributed by atoms with E-state index in [1.54, 1.807) is 21.1 Å². The van der Waals surface area contributed by atoms with Crippen LogP contribution in [0.3, 0.4) is 0 Å². The van der Waals surface area contributed by atoms with E-state index >= 15 is 0 Å². The maximum absolute atomic E-state index is 12.6. The molecule has 0 spiro atoms. The third-order valence-corrected chi connectivity index (χ3v) is 8.42. The van der Waals surface area contributed by atoms with Crippen LogP contribution in [-0.4, -0.2) is 75.5 Å². The lowest BCUT2D eigenvalue weighted by atomic mass is 10.1. The molecule has 0 saturated heterocycles. The number of allylic oxidation sites excluding steroid dienone is 10. The topological polar surface area (TPSA) is 102 Å². The van der Waals surface area contributed by atoms with Crippen LogP contribution in [0.4, 0.5) is 0 Å². The Hall–Kier alpha value is -2.97. The Morgan fingerprint density at radius 3 is 1.78 bits per heavy atom. The second-order valence-corrected chi connectivity index (χ2v) is 14.2. The fraction of sp³-hybridized carbons (Fsp3) is 0.698. The molecule has 51 heavy (non-hydrogen) atoms. The number of likely N-dealkylation sites (N-methyl/N-ethyl adjacent to an activating group) is 1. The van der Waals surface area contributed by atoms with Gasteiger partial charge < -0.3 is 28.6 Å². The van der Waals surface area contributed by atoms with Crippen LogP contribution in [0.1, 0.15) is 142 Å². The number of carbonyl (C=O) groups excluding carboxylic acids is 3. The largest absolute Gasteiger partial charge is 0.544 e. The van der Waals surface area contributed by atoms with Gasteiger partial charge in [0, 0.05) is 19.3 Å². The molecule has 0 aromatic carbocycles. The van der Waals surface area contributed by atoms with Crippen molar-refractivity contribution in [2.45, 2.75) is 154 Å². The number of hydrogen-bond acceptors (Lipinski definition) is 7. The van der Waals surface area contributed by atoms with Gasteiger partial charge in [-0.15, -0.1) is 0 Å². The van der Waals surface area contributed by atoms with Crippen LogP contribution >= 0.6 is 0 Å². The predicted octanol–water partition coefficient (Wildman–Crippen LogP) is 8.91. The van der Waals surface area contributed by atoms with E-state index < -0.39 is 18.1 Å². The van der Waals surface area contributed by atoms with Crippen LogP contribution in [0, 0.1) is 0 Å². The summed E-state index contributed by atoms with van der Waals surface area (Å²) < 4.78 is 17.0. The normalized spacial score (nSPS) is 13.7. The Bertz CT molecular complexity index is 1020. The molecule has 0 fully saturated rings. The molecular weight excluding hydrogens is 642 g/mol. The van der Waals surface area contributed by atoms with Crippen molar-refractivity contribution in [1.82, 2.24) is 0 Å². The third-order valence-electron chi connectivity index (χ3n) is 8.42. The summed E-state index contributed by atoms with van der Waals surface area (Å²) in [5, 5.41) is 11.6. The zero-order chi connectivity index (χ0) is 37.8. The van der Waals surface area contributed by atoms with Gasteiger partial charge in [-0.25, -0.2) is 0 Å². The van der Waals surface area contributed by atoms with Gasteiger partial charge >= 0.3 is 11.9 Å². The van der Waals surface area contributed by atoms with Gasteiger partial charge in [-0.1, -0.05) is 113 Å². The lowest BCUT2D eigenvalue weighted by molar-refractivity contribution is -0.889. The fourth-order valence-electron chi connectivity index (χ4n) is 5.31. The summed E-state index contributed by atoms with van der Waals surface area (Å²) in [6.07, 6.45) is 39.6. The maximum atomic E-state index is 12.6. The zero-order valence-corrected chi connectivity index (χ0v) is 33.0. The highest BCUT2D eigenvalue weighted by molar-refractivity contribution is 5.70. The number of quaternary nitrogens is 1. The molecule has 0 heterocycles. The number of carboxylic acid groups (broad SMARTS) is 1. The molecule has 0 aromatic heterocycles. The van der Waals surface area contributed by atoms with E-state index in [1.165, 1.54) is 32.1 Å². The number of aliphatic carboxylic acids is 1. The van der Waals surface area contributed by atoms with Gasteiger partial charge in [-0.05, 0) is 70.6 Å². The van der Waals surface area contributed by atoms with Crippen LogP contribution in [-0.2, 0) is 28.6 Å². The molecule has 0 aliphatic carbocycles. The molecule has 2 atom stereocenters. The SMILES string of the molecule is CC/C=C/C/C=C/C/C=C/CCCCC(=O)OC(COCCC(C(=O)[O-])[N+](C)(C)C)COC(=O)CCCCCCCC/C=C/C=C/CCCCC. The van der Waals surface area contributed by atoms with E-state index in [2.05, 4.69) is 74.6 Å². The third kappa shape index (κ3) is 32.7. The number of ether oxygens (including phenoxy) is 3. The molecule has 0 saturated carbocycles. The van der Waals surface area contributed by atoms with Crippen LogP contribution in [0.5, 0.6) is 0 Å². The number of hydrogen-bond donors (Lipinski definition) is 0. The van der Waals surface area contributed by atoms with Crippen molar-refractivity contribution in [1.29, 1.82) is 0 Å². The maximum Gasteiger partial charge on any atom is 0.306 e. The number of esters is 2. The molecule has 8 heteroatoms. The fourth-order valence-corrected chi connectivity index (χ4v) is 5.31. The average molecular weight is 716 g/mol. The van der Waals surface area contributed by atoms with E-state index in [0.717, 1.165) is 70.6 Å². The molecule has 0 N–H and O–H groups in total. The first-order chi connectivity index (χ1) is 24.6. The van der Waals surface area contributed by atoms with Gasteiger partial charge in [-0.3, -0.25) is 9.59 Å². The summed E-state index contributed by atoms with van der Waals surface area (Å²) in [6.45, 7) is 4.43. The number of carboxylic acids is 1. The molecule has 8 nitrogen and oxygen atoms in total. The Morgan fingerprint density at radius 2 is 1.16 bits per heavy atom. The van der Waals surface area contributed by atoms with Crippen molar-refractivity contribution in [2.24, 2.45) is 0 Å². The molecule has 292 valence electrons. The number of rotatable bonds is 34. The van der Waals surface area contributed by atoms with Crippen molar-refractivity contribution in [3.8, 4) is 0 Å². The van der Waals surface area contributed by atoms with Gasteiger partial charge in [-0.2, -0.15) is 0 Å². The van der Waals surface area contributed by atoms with E-state index in [1.807, 2.05) is 0 Å². The Balaban J connectivity index is 4.48. The van der Waals surface area contributed by atoms with E-state index in [4.69, 9.17) is 14.2 Å². The van der Waals surface area contributed by atoms with Gasteiger partial charge in [0.1, 0.15) is 12.6 Å². The van der Waals surface area contributed by atoms with Gasteiger partial charge in [0.2, 0.25) is 0 Å². The van der Waals surface area contributed by atoms with Crippen molar-refractivity contribution < 1.29 is 38.2 Å². The van der Waals surface area contributed by atoms with Crippen LogP contribution in [0.2, 0.25) is 0 Å². The summed E-state index contributed by atoms with van der Waals surface area (Å²) in [7, 11) is 5.37. The lowest BCUT2D eigenvalue weighted by Crippen LogP contribution is -2.55. The predicted molar refractivity (Wildman–Crippen MR) is 208 cm³/mol. The van der Waals surface area contributed by atoms with Crippen LogP contribution < -0.4 is 5.11 Å². The second kappa shape index (κ2) is 34.1. The molecule has 0 aromatic rings. The average Bonchev–Trinajstić information content (AvgIpc) is 3.08. The van der Waals surface area contributed by atoms with Gasteiger partial charge in [0.15, 0.2) is 6.10 Å². The summed E-state index contributed by atoms with van der Waals surface area (Å²) in [6, 6.07) is -0.735. The standard InChI is InChI=1S/C43H73NO7/c1-6-8-10-12-14-16-18-20-21-22-24-25-27-29-31-33-41(45)50-38-39(37-49-36-35-40(43(47)48)44(3,4)5)51-42(46)34-32-30-28-26-23-19-17-15-13-11-9-7-2/h9,11,14-18,20,23,26,39-40H,6-8,10,12-13,19,21-22,24-25,27-38H2,1-5H3/b11-9+,16-14+,17-15+,20-18+,26-23+. The summed E-state index contributed by atoms with van der Waals surface area (Å²) in [5.41, 5.74) is 0. The zero-order valence-electron chi connectivity index (χ0n) is 33.0. The molecule has 0 rings (SSSR count). The Labute approximate surface area is 311 Å². The van der Waals surface area contributed by atoms with Crippen molar-refractivity contribution >= 4 is 17.9 Å². The van der Waals surface area contributed by atoms with Crippen LogP contribution in [0.25, 0.3) is 0 Å². The lowest BCUT2D eigenvalue weighted by Gasteiger charge is -2.34. The minimum Gasteiger partial charge on any atom is -0.544 e. The number of unbranched alkanes of at least 4 members (excludes halogenated alkanes) is 11. The van der Waals surface area contributed by atoms with E-state index in [-0.39, 0.29) is 49.1 Å². The molecule has 0 aliphatic heterocycles. The van der Waals surface area contributed by atoms with Crippen molar-refractivity contribution in [3.05, 3.63) is 60.8 Å². The first-order valence-electron chi connectivity index (χ1n) is 19.8.